The van der Waals surface area contributed by atoms with E-state index in [1.807, 2.05) is 31.2 Å². The molecule has 0 radical (unpaired) electrons. The number of benzene rings is 1. The van der Waals surface area contributed by atoms with Crippen LogP contribution in [0.25, 0.3) is 22.0 Å². The molecule has 0 N–H and O–H groups in total. The Balaban J connectivity index is 2.20. The SMILES string of the molecule is Cc1ccc2cc(-c3cncnc3Cl)ccc2n1. The third-order valence-electron chi connectivity index (χ3n) is 2.80. The summed E-state index contributed by atoms with van der Waals surface area (Å²) in [7, 11) is 0. The predicted octanol–water partition coefficient (Wildman–Crippen LogP) is 3.65. The van der Waals surface area contributed by atoms with Crippen molar-refractivity contribution < 1.29 is 0 Å². The van der Waals surface area contributed by atoms with Crippen LogP contribution in [0.3, 0.4) is 0 Å². The van der Waals surface area contributed by atoms with E-state index in [0.29, 0.717) is 5.15 Å². The minimum Gasteiger partial charge on any atom is -0.253 e. The van der Waals surface area contributed by atoms with E-state index in [4.69, 9.17) is 11.6 Å². The molecular formula is C14H10ClN3. The van der Waals surface area contributed by atoms with Gasteiger partial charge in [0.2, 0.25) is 0 Å². The average molecular weight is 256 g/mol. The molecule has 0 aliphatic carbocycles. The van der Waals surface area contributed by atoms with Crippen LogP contribution in [0.4, 0.5) is 0 Å². The summed E-state index contributed by atoms with van der Waals surface area (Å²) in [5.41, 5.74) is 3.82. The highest BCUT2D eigenvalue weighted by molar-refractivity contribution is 6.32. The monoisotopic (exact) mass is 255 g/mol. The second kappa shape index (κ2) is 4.35. The summed E-state index contributed by atoms with van der Waals surface area (Å²) in [6.07, 6.45) is 3.16. The number of rotatable bonds is 1. The molecule has 2 aromatic heterocycles. The summed E-state index contributed by atoms with van der Waals surface area (Å²) >= 11 is 6.07. The van der Waals surface area contributed by atoms with Gasteiger partial charge in [-0.05, 0) is 30.7 Å². The smallest absolute Gasteiger partial charge is 0.140 e. The molecule has 18 heavy (non-hydrogen) atoms. The topological polar surface area (TPSA) is 38.7 Å². The van der Waals surface area contributed by atoms with Crippen molar-refractivity contribution in [3.05, 3.63) is 53.7 Å². The van der Waals surface area contributed by atoms with E-state index in [-0.39, 0.29) is 0 Å². The van der Waals surface area contributed by atoms with Crippen LogP contribution in [0.15, 0.2) is 42.9 Å². The Morgan fingerprint density at radius 2 is 2.00 bits per heavy atom. The molecule has 0 saturated heterocycles. The van der Waals surface area contributed by atoms with Gasteiger partial charge >= 0.3 is 0 Å². The van der Waals surface area contributed by atoms with Gasteiger partial charge in [-0.15, -0.1) is 0 Å². The number of aromatic nitrogens is 3. The Morgan fingerprint density at radius 1 is 1.11 bits per heavy atom. The van der Waals surface area contributed by atoms with Crippen LogP contribution in [-0.2, 0) is 0 Å². The van der Waals surface area contributed by atoms with Gasteiger partial charge in [-0.25, -0.2) is 9.97 Å². The van der Waals surface area contributed by atoms with Crippen LogP contribution in [-0.4, -0.2) is 15.0 Å². The van der Waals surface area contributed by atoms with E-state index in [2.05, 4.69) is 21.0 Å². The Bertz CT molecular complexity index is 725. The molecule has 0 bridgehead atoms. The van der Waals surface area contributed by atoms with Crippen molar-refractivity contribution in [2.45, 2.75) is 6.92 Å². The fraction of sp³-hybridized carbons (Fsp3) is 0.0714. The second-order valence-electron chi connectivity index (χ2n) is 4.09. The summed E-state index contributed by atoms with van der Waals surface area (Å²) in [5, 5.41) is 1.54. The molecular weight excluding hydrogens is 246 g/mol. The molecule has 3 nitrogen and oxygen atoms in total. The first kappa shape index (κ1) is 11.1. The quantitative estimate of drug-likeness (QED) is 0.623. The minimum atomic E-state index is 0.462. The van der Waals surface area contributed by atoms with Crippen molar-refractivity contribution in [1.29, 1.82) is 0 Å². The molecule has 0 fully saturated rings. The predicted molar refractivity (Wildman–Crippen MR) is 72.5 cm³/mol. The summed E-state index contributed by atoms with van der Waals surface area (Å²) < 4.78 is 0. The van der Waals surface area contributed by atoms with Gasteiger partial charge in [-0.3, -0.25) is 4.98 Å². The standard InChI is InChI=1S/C14H10ClN3/c1-9-2-3-11-6-10(4-5-13(11)18-9)12-7-16-8-17-14(12)15/h2-8H,1H3. The first-order valence-electron chi connectivity index (χ1n) is 5.57. The third-order valence-corrected chi connectivity index (χ3v) is 3.10. The van der Waals surface area contributed by atoms with Gasteiger partial charge in [0.05, 0.1) is 5.52 Å². The van der Waals surface area contributed by atoms with Crippen molar-refractivity contribution in [3.8, 4) is 11.1 Å². The second-order valence-corrected chi connectivity index (χ2v) is 4.45. The minimum absolute atomic E-state index is 0.462. The Kier molecular flexibility index (Phi) is 2.68. The van der Waals surface area contributed by atoms with Crippen LogP contribution in [0.5, 0.6) is 0 Å². The van der Waals surface area contributed by atoms with E-state index >= 15 is 0 Å². The van der Waals surface area contributed by atoms with Crippen LogP contribution < -0.4 is 0 Å². The number of nitrogens with zero attached hydrogens (tertiary/aromatic N) is 3. The lowest BCUT2D eigenvalue weighted by Gasteiger charge is -2.05. The molecule has 0 aliphatic rings. The molecule has 0 unspecified atom stereocenters. The summed E-state index contributed by atoms with van der Waals surface area (Å²) in [6.45, 7) is 1.98. The highest BCUT2D eigenvalue weighted by atomic mass is 35.5. The number of halogens is 1. The van der Waals surface area contributed by atoms with Crippen LogP contribution in [0, 0.1) is 6.92 Å². The molecule has 2 heterocycles. The van der Waals surface area contributed by atoms with Crippen LogP contribution in [0.2, 0.25) is 5.15 Å². The lowest BCUT2D eigenvalue weighted by Crippen LogP contribution is -1.87. The molecule has 0 spiro atoms. The highest BCUT2D eigenvalue weighted by Gasteiger charge is 2.05. The van der Waals surface area contributed by atoms with E-state index in [0.717, 1.165) is 27.7 Å². The normalized spacial score (nSPS) is 10.8. The third kappa shape index (κ3) is 1.93. The number of hydrogen-bond acceptors (Lipinski definition) is 3. The molecule has 0 saturated carbocycles. The Morgan fingerprint density at radius 3 is 2.83 bits per heavy atom. The summed E-state index contributed by atoms with van der Waals surface area (Å²) in [6, 6.07) is 10.1. The summed E-state index contributed by atoms with van der Waals surface area (Å²) in [5.74, 6) is 0. The molecule has 4 heteroatoms. The zero-order valence-electron chi connectivity index (χ0n) is 9.76. The van der Waals surface area contributed by atoms with Crippen molar-refractivity contribution in [2.24, 2.45) is 0 Å². The molecule has 1 aromatic carbocycles. The van der Waals surface area contributed by atoms with Crippen LogP contribution in [0.1, 0.15) is 5.69 Å². The number of hydrogen-bond donors (Lipinski definition) is 0. The van der Waals surface area contributed by atoms with E-state index in [1.165, 1.54) is 6.33 Å². The maximum atomic E-state index is 6.07. The molecule has 3 rings (SSSR count). The Labute approximate surface area is 109 Å². The van der Waals surface area contributed by atoms with Crippen molar-refractivity contribution >= 4 is 22.5 Å². The largest absolute Gasteiger partial charge is 0.253 e. The first-order valence-corrected chi connectivity index (χ1v) is 5.95. The number of fused-ring (bicyclic) bond motifs is 1. The fourth-order valence-electron chi connectivity index (χ4n) is 1.90. The molecule has 0 amide bonds. The fourth-order valence-corrected chi connectivity index (χ4v) is 2.10. The first-order chi connectivity index (χ1) is 8.74. The van der Waals surface area contributed by atoms with Crippen molar-refractivity contribution in [1.82, 2.24) is 15.0 Å². The highest BCUT2D eigenvalue weighted by Crippen LogP contribution is 2.27. The van der Waals surface area contributed by atoms with Crippen molar-refractivity contribution in [2.75, 3.05) is 0 Å². The van der Waals surface area contributed by atoms with Gasteiger partial charge in [-0.1, -0.05) is 23.7 Å². The molecule has 0 atom stereocenters. The van der Waals surface area contributed by atoms with Gasteiger partial charge in [0.25, 0.3) is 0 Å². The average Bonchev–Trinajstić information content (AvgIpc) is 2.39. The van der Waals surface area contributed by atoms with Gasteiger partial charge in [0.1, 0.15) is 11.5 Å². The number of pyridine rings is 1. The van der Waals surface area contributed by atoms with Gasteiger partial charge in [0, 0.05) is 22.8 Å². The van der Waals surface area contributed by atoms with Gasteiger partial charge in [-0.2, -0.15) is 0 Å². The number of aryl methyl sites for hydroxylation is 1. The maximum absolute atomic E-state index is 6.07. The van der Waals surface area contributed by atoms with Crippen LogP contribution >= 0.6 is 11.6 Å². The molecule has 0 aliphatic heterocycles. The maximum Gasteiger partial charge on any atom is 0.140 e. The van der Waals surface area contributed by atoms with Gasteiger partial charge in [0.15, 0.2) is 0 Å². The molecule has 88 valence electrons. The zero-order valence-corrected chi connectivity index (χ0v) is 10.5. The van der Waals surface area contributed by atoms with E-state index in [1.54, 1.807) is 6.20 Å². The summed E-state index contributed by atoms with van der Waals surface area (Å²) in [4.78, 5) is 12.5. The lowest BCUT2D eigenvalue weighted by atomic mass is 10.1. The van der Waals surface area contributed by atoms with Gasteiger partial charge < -0.3 is 0 Å². The zero-order chi connectivity index (χ0) is 12.5. The lowest BCUT2D eigenvalue weighted by molar-refractivity contribution is 1.17. The Hall–Kier alpha value is -2.00. The van der Waals surface area contributed by atoms with E-state index in [9.17, 15) is 0 Å². The molecule has 3 aromatic rings. The van der Waals surface area contributed by atoms with Crippen molar-refractivity contribution in [3.63, 3.8) is 0 Å². The van der Waals surface area contributed by atoms with E-state index < -0.39 is 0 Å².